The Labute approximate surface area is 128 Å². The normalized spacial score (nSPS) is 10.9. The van der Waals surface area contributed by atoms with Crippen molar-refractivity contribution in [2.45, 2.75) is 29.6 Å². The van der Waals surface area contributed by atoms with E-state index in [1.165, 1.54) is 16.0 Å². The van der Waals surface area contributed by atoms with Crippen molar-refractivity contribution in [3.05, 3.63) is 34.3 Å². The summed E-state index contributed by atoms with van der Waals surface area (Å²) in [4.78, 5) is 1.24. The second-order valence-electron chi connectivity index (χ2n) is 4.46. The van der Waals surface area contributed by atoms with Gasteiger partial charge in [0.05, 0.1) is 6.61 Å². The second-order valence-corrected chi connectivity index (χ2v) is 6.93. The first kappa shape index (κ1) is 15.4. The quantitative estimate of drug-likeness (QED) is 0.797. The van der Waals surface area contributed by atoms with Gasteiger partial charge in [-0.1, -0.05) is 35.2 Å². The molecule has 6 heteroatoms. The lowest BCUT2D eigenvalue weighted by Crippen LogP contribution is -2.18. The molecule has 0 aliphatic carbocycles. The average Bonchev–Trinajstić information content (AvgIpc) is 2.83. The molecule has 0 unspecified atom stereocenters. The molecule has 0 aliphatic heterocycles. The number of aryl methyl sites for hydroxylation is 2. The molecule has 1 heterocycles. The fraction of sp³-hybridized carbons (Fsp3) is 0.429. The fourth-order valence-electron chi connectivity index (χ4n) is 1.76. The number of rotatable bonds is 7. The number of hydrogen-bond acceptors (Lipinski definition) is 6. The first-order valence-corrected chi connectivity index (χ1v) is 8.09. The molecule has 1 aromatic heterocycles. The van der Waals surface area contributed by atoms with E-state index in [2.05, 4.69) is 40.6 Å². The smallest absolute Gasteiger partial charge is 0.179 e. The highest BCUT2D eigenvalue weighted by Gasteiger charge is 2.06. The Morgan fingerprint density at radius 1 is 1.30 bits per heavy atom. The van der Waals surface area contributed by atoms with Gasteiger partial charge in [-0.3, -0.25) is 0 Å². The molecule has 0 amide bonds. The van der Waals surface area contributed by atoms with Crippen LogP contribution in [0.15, 0.2) is 27.4 Å². The molecular formula is C14H19N3OS2. The molecule has 2 rings (SSSR count). The lowest BCUT2D eigenvalue weighted by atomic mass is 10.1. The maximum absolute atomic E-state index is 5.01. The lowest BCUT2D eigenvalue weighted by Gasteiger charge is -2.08. The van der Waals surface area contributed by atoms with Gasteiger partial charge in [-0.2, -0.15) is 0 Å². The Kier molecular flexibility index (Phi) is 5.97. The van der Waals surface area contributed by atoms with Gasteiger partial charge in [0, 0.05) is 25.1 Å². The van der Waals surface area contributed by atoms with Gasteiger partial charge in [-0.15, -0.1) is 10.2 Å². The Hall–Kier alpha value is -0.950. The predicted molar refractivity (Wildman–Crippen MR) is 83.5 cm³/mol. The van der Waals surface area contributed by atoms with Crippen molar-refractivity contribution in [3.8, 4) is 0 Å². The van der Waals surface area contributed by atoms with E-state index < -0.39 is 0 Å². The van der Waals surface area contributed by atoms with E-state index in [1.807, 2.05) is 6.92 Å². The largest absolute Gasteiger partial charge is 0.383 e. The van der Waals surface area contributed by atoms with Crippen LogP contribution in [0.25, 0.3) is 0 Å². The minimum absolute atomic E-state index is 0.739. The van der Waals surface area contributed by atoms with Gasteiger partial charge in [0.1, 0.15) is 5.01 Å². The number of nitrogens with zero attached hydrogens (tertiary/aromatic N) is 2. The standard InChI is InChI=1S/C14H19N3OS2/c1-10-8-12(9-15-6-7-18-3)4-5-13(10)20-14-17-16-11(2)19-14/h4-5,8,15H,6-7,9H2,1-3H3. The van der Waals surface area contributed by atoms with Crippen molar-refractivity contribution >= 4 is 23.1 Å². The SMILES string of the molecule is COCCNCc1ccc(Sc2nnc(C)s2)c(C)c1. The van der Waals surface area contributed by atoms with Crippen molar-refractivity contribution in [1.82, 2.24) is 15.5 Å². The zero-order valence-corrected chi connectivity index (χ0v) is 13.6. The van der Waals surface area contributed by atoms with Crippen molar-refractivity contribution < 1.29 is 4.74 Å². The molecule has 0 saturated heterocycles. The Morgan fingerprint density at radius 2 is 2.15 bits per heavy atom. The van der Waals surface area contributed by atoms with Gasteiger partial charge < -0.3 is 10.1 Å². The van der Waals surface area contributed by atoms with E-state index in [9.17, 15) is 0 Å². The zero-order chi connectivity index (χ0) is 14.4. The summed E-state index contributed by atoms with van der Waals surface area (Å²) in [5.41, 5.74) is 2.56. The van der Waals surface area contributed by atoms with Crippen LogP contribution in [0.3, 0.4) is 0 Å². The van der Waals surface area contributed by atoms with Crippen molar-refractivity contribution in [1.29, 1.82) is 0 Å². The molecule has 0 atom stereocenters. The summed E-state index contributed by atoms with van der Waals surface area (Å²) in [7, 11) is 1.72. The van der Waals surface area contributed by atoms with Crippen molar-refractivity contribution in [3.63, 3.8) is 0 Å². The summed E-state index contributed by atoms with van der Waals surface area (Å²) >= 11 is 3.31. The van der Waals surface area contributed by atoms with E-state index in [1.54, 1.807) is 30.2 Å². The fourth-order valence-corrected chi connectivity index (χ4v) is 3.60. The monoisotopic (exact) mass is 309 g/mol. The van der Waals surface area contributed by atoms with Gasteiger partial charge in [-0.25, -0.2) is 0 Å². The summed E-state index contributed by atoms with van der Waals surface area (Å²) in [6.45, 7) is 6.59. The van der Waals surface area contributed by atoms with Crippen LogP contribution < -0.4 is 5.32 Å². The van der Waals surface area contributed by atoms with E-state index in [0.717, 1.165) is 29.0 Å². The molecule has 0 spiro atoms. The number of aromatic nitrogens is 2. The third kappa shape index (κ3) is 4.56. The molecule has 0 saturated carbocycles. The number of benzene rings is 1. The Balaban J connectivity index is 1.95. The van der Waals surface area contributed by atoms with Crippen LogP contribution in [-0.4, -0.2) is 30.5 Å². The Morgan fingerprint density at radius 3 is 2.80 bits per heavy atom. The van der Waals surface area contributed by atoms with Gasteiger partial charge in [-0.05, 0) is 31.0 Å². The molecule has 0 aliphatic rings. The topological polar surface area (TPSA) is 47.0 Å². The number of hydrogen-bond donors (Lipinski definition) is 1. The maximum Gasteiger partial charge on any atom is 0.179 e. The maximum atomic E-state index is 5.01. The van der Waals surface area contributed by atoms with E-state index in [-0.39, 0.29) is 0 Å². The molecule has 4 nitrogen and oxygen atoms in total. The lowest BCUT2D eigenvalue weighted by molar-refractivity contribution is 0.199. The van der Waals surface area contributed by atoms with Gasteiger partial charge >= 0.3 is 0 Å². The summed E-state index contributed by atoms with van der Waals surface area (Å²) in [6.07, 6.45) is 0. The molecule has 2 aromatic rings. The average molecular weight is 309 g/mol. The van der Waals surface area contributed by atoms with Crippen LogP contribution in [0, 0.1) is 13.8 Å². The number of ether oxygens (including phenoxy) is 1. The molecule has 0 fully saturated rings. The van der Waals surface area contributed by atoms with Crippen LogP contribution >= 0.6 is 23.1 Å². The van der Waals surface area contributed by atoms with E-state index in [0.29, 0.717) is 0 Å². The third-order valence-corrected chi connectivity index (χ3v) is 4.82. The van der Waals surface area contributed by atoms with Crippen LogP contribution in [0.2, 0.25) is 0 Å². The summed E-state index contributed by atoms with van der Waals surface area (Å²) in [5, 5.41) is 12.5. The summed E-state index contributed by atoms with van der Waals surface area (Å²) < 4.78 is 6.01. The molecular weight excluding hydrogens is 290 g/mol. The molecule has 0 radical (unpaired) electrons. The molecule has 0 bridgehead atoms. The van der Waals surface area contributed by atoms with Crippen LogP contribution in [0.4, 0.5) is 0 Å². The van der Waals surface area contributed by atoms with Crippen molar-refractivity contribution in [2.24, 2.45) is 0 Å². The van der Waals surface area contributed by atoms with Crippen molar-refractivity contribution in [2.75, 3.05) is 20.3 Å². The minimum atomic E-state index is 0.739. The number of methoxy groups -OCH3 is 1. The first-order chi connectivity index (χ1) is 9.69. The third-order valence-electron chi connectivity index (χ3n) is 2.76. The van der Waals surface area contributed by atoms with E-state index >= 15 is 0 Å². The summed E-state index contributed by atoms with van der Waals surface area (Å²) in [6, 6.07) is 6.53. The second kappa shape index (κ2) is 7.73. The van der Waals surface area contributed by atoms with Crippen LogP contribution in [0.1, 0.15) is 16.1 Å². The first-order valence-electron chi connectivity index (χ1n) is 6.46. The minimum Gasteiger partial charge on any atom is -0.383 e. The van der Waals surface area contributed by atoms with Gasteiger partial charge in [0.25, 0.3) is 0 Å². The number of nitrogens with one attached hydrogen (secondary N) is 1. The highest BCUT2D eigenvalue weighted by molar-refractivity contribution is 8.01. The highest BCUT2D eigenvalue weighted by atomic mass is 32.2. The molecule has 1 aromatic carbocycles. The van der Waals surface area contributed by atoms with E-state index in [4.69, 9.17) is 4.74 Å². The van der Waals surface area contributed by atoms with Gasteiger partial charge in [0.2, 0.25) is 0 Å². The predicted octanol–water partition coefficient (Wildman–Crippen LogP) is 3.04. The Bertz CT molecular complexity index is 557. The molecule has 108 valence electrons. The van der Waals surface area contributed by atoms with Crippen LogP contribution in [0.5, 0.6) is 0 Å². The van der Waals surface area contributed by atoms with Crippen LogP contribution in [-0.2, 0) is 11.3 Å². The highest BCUT2D eigenvalue weighted by Crippen LogP contribution is 2.32. The van der Waals surface area contributed by atoms with Gasteiger partial charge in [0.15, 0.2) is 4.34 Å². The summed E-state index contributed by atoms with van der Waals surface area (Å²) in [5.74, 6) is 0. The molecule has 1 N–H and O–H groups in total. The molecule has 20 heavy (non-hydrogen) atoms. The zero-order valence-electron chi connectivity index (χ0n) is 12.0.